The van der Waals surface area contributed by atoms with Gasteiger partial charge in [0.05, 0.1) is 0 Å². The Kier molecular flexibility index (Phi) is 9.83. The molecule has 0 N–H and O–H groups in total. The Labute approximate surface area is 429 Å². The average Bonchev–Trinajstić information content (AvgIpc) is 3.87. The van der Waals surface area contributed by atoms with Crippen LogP contribution < -0.4 is 0 Å². The largest absolute Gasteiger partial charge is 0.0837 e. The van der Waals surface area contributed by atoms with E-state index in [1.807, 2.05) is 0 Å². The van der Waals surface area contributed by atoms with Crippen LogP contribution in [0.2, 0.25) is 0 Å². The van der Waals surface area contributed by atoms with E-state index < -0.39 is 0 Å². The highest BCUT2D eigenvalue weighted by Crippen LogP contribution is 2.66. The van der Waals surface area contributed by atoms with Gasteiger partial charge >= 0.3 is 0 Å². The first-order valence-corrected chi connectivity index (χ1v) is 27.5. The maximum absolute atomic E-state index is 2.68. The summed E-state index contributed by atoms with van der Waals surface area (Å²) in [7, 11) is 0. The lowest BCUT2D eigenvalue weighted by atomic mass is 9.65. The molecule has 6 atom stereocenters. The second-order valence-electron chi connectivity index (χ2n) is 25.1. The molecule has 72 heavy (non-hydrogen) atoms. The zero-order chi connectivity index (χ0) is 48.9. The number of allylic oxidation sites excluding steroid dienone is 19. The number of benzene rings is 5. The van der Waals surface area contributed by atoms with Gasteiger partial charge in [0.1, 0.15) is 0 Å². The average molecular weight is 933 g/mol. The number of rotatable bonds is 4. The topological polar surface area (TPSA) is 0 Å². The Morgan fingerprint density at radius 3 is 2.10 bits per heavy atom. The minimum absolute atomic E-state index is 0.171. The molecule has 0 spiro atoms. The molecule has 0 radical (unpaired) electrons. The lowest BCUT2D eigenvalue weighted by Crippen LogP contribution is -2.26. The van der Waals surface area contributed by atoms with Crippen LogP contribution in [-0.2, 0) is 6.42 Å². The molecular weight excluding hydrogens is 865 g/mol. The minimum atomic E-state index is 0.171. The van der Waals surface area contributed by atoms with Crippen molar-refractivity contribution in [1.29, 1.82) is 0 Å². The smallest absolute Gasteiger partial charge is 0.0206 e. The minimum Gasteiger partial charge on any atom is -0.0837 e. The van der Waals surface area contributed by atoms with Gasteiger partial charge in [0.2, 0.25) is 0 Å². The lowest BCUT2D eigenvalue weighted by molar-refractivity contribution is 0.277. The molecule has 356 valence electrons. The molecule has 0 heteroatoms. The Balaban J connectivity index is 1.00. The van der Waals surface area contributed by atoms with E-state index in [4.69, 9.17) is 0 Å². The summed E-state index contributed by atoms with van der Waals surface area (Å²) in [6, 6.07) is 38.0. The summed E-state index contributed by atoms with van der Waals surface area (Å²) in [5.41, 5.74) is 35.9. The van der Waals surface area contributed by atoms with Gasteiger partial charge in [-0.1, -0.05) is 206 Å². The van der Waals surface area contributed by atoms with E-state index in [-0.39, 0.29) is 22.7 Å². The fourth-order valence-electron chi connectivity index (χ4n) is 15.3. The van der Waals surface area contributed by atoms with Crippen LogP contribution >= 0.6 is 0 Å². The Bertz CT molecular complexity index is 3540. The third-order valence-corrected chi connectivity index (χ3v) is 19.0. The van der Waals surface area contributed by atoms with Gasteiger partial charge in [-0.25, -0.2) is 0 Å². The number of hydrogen-bond donors (Lipinski definition) is 0. The Morgan fingerprint density at radius 2 is 1.35 bits per heavy atom. The van der Waals surface area contributed by atoms with Crippen molar-refractivity contribution in [2.45, 2.75) is 106 Å². The lowest BCUT2D eigenvalue weighted by Gasteiger charge is -2.39. The van der Waals surface area contributed by atoms with E-state index in [1.165, 1.54) is 100 Å². The van der Waals surface area contributed by atoms with E-state index in [9.17, 15) is 0 Å². The van der Waals surface area contributed by atoms with Gasteiger partial charge in [0.25, 0.3) is 0 Å². The molecule has 0 nitrogen and oxygen atoms in total. The van der Waals surface area contributed by atoms with Crippen molar-refractivity contribution in [1.82, 2.24) is 0 Å². The summed E-state index contributed by atoms with van der Waals surface area (Å²) in [5.74, 6) is 2.43. The summed E-state index contributed by atoms with van der Waals surface area (Å²) >= 11 is 0. The molecule has 0 bridgehead atoms. The number of hydrogen-bond acceptors (Lipinski definition) is 0. The summed E-state index contributed by atoms with van der Waals surface area (Å²) in [4.78, 5) is 0. The van der Waals surface area contributed by atoms with Gasteiger partial charge in [-0.05, 0) is 208 Å². The van der Waals surface area contributed by atoms with E-state index in [2.05, 4.69) is 213 Å². The zero-order valence-electron chi connectivity index (χ0n) is 43.7. The molecule has 14 rings (SSSR count). The van der Waals surface area contributed by atoms with E-state index in [1.54, 1.807) is 33.4 Å². The van der Waals surface area contributed by atoms with Gasteiger partial charge < -0.3 is 0 Å². The van der Waals surface area contributed by atoms with Crippen molar-refractivity contribution in [2.75, 3.05) is 0 Å². The zero-order valence-corrected chi connectivity index (χ0v) is 43.7. The molecule has 6 unspecified atom stereocenters. The van der Waals surface area contributed by atoms with Crippen LogP contribution in [0, 0.1) is 34.5 Å². The monoisotopic (exact) mass is 933 g/mol. The SMILES string of the molecule is CC1=C(C2=CC3=C(CC2)C2Cc4c(-c5ccccc5)c5c(c(-c6ccccc6)c4-c4cccc3c42)C2=Cc3cc(C4=CC(C(C)(C)C)CC6=C4CC(C(C)(C)C)C=C6)ccc3C3C=CC=C5C23)C(C)CC=C1. The molecule has 0 aliphatic heterocycles. The van der Waals surface area contributed by atoms with Gasteiger partial charge in [-0.15, -0.1) is 0 Å². The molecule has 0 aromatic heterocycles. The maximum Gasteiger partial charge on any atom is 0.0206 e. The molecule has 0 saturated carbocycles. The van der Waals surface area contributed by atoms with Crippen LogP contribution in [0.5, 0.6) is 0 Å². The second kappa shape index (κ2) is 16.0. The van der Waals surface area contributed by atoms with E-state index in [0.717, 1.165) is 38.5 Å². The highest BCUT2D eigenvalue weighted by molar-refractivity contribution is 6.15. The summed E-state index contributed by atoms with van der Waals surface area (Å²) in [6.45, 7) is 19.3. The van der Waals surface area contributed by atoms with Crippen LogP contribution in [0.1, 0.15) is 144 Å². The molecular formula is C72H68. The molecule has 5 aromatic carbocycles. The molecule has 9 aliphatic carbocycles. The summed E-state index contributed by atoms with van der Waals surface area (Å²) in [5, 5.41) is 0. The van der Waals surface area contributed by atoms with Gasteiger partial charge in [-0.2, -0.15) is 0 Å². The standard InChI is InChI=1S/C72H68/c1-41-18-15-19-42(2)63(41)47-30-33-52-59(36-47)54-25-17-26-55-66(54)60(52)40-62-64(43-20-11-9-12-21-43)69-56-27-16-24-53-51-32-29-45(58-39-50(72(6,7)8)35-46-28-31-49(38-57(46)58)71(3,4)5)34-48(51)37-61(67(53)56)70(69)65(68(55)62)44-22-13-10-14-23-44/h9-18,20-29,31-32,34,36-37,39,42,49-50,53,60,67H,19,30,33,35,38,40H2,1-8H3. The third kappa shape index (κ3) is 6.56. The van der Waals surface area contributed by atoms with E-state index in [0.29, 0.717) is 23.7 Å². The maximum atomic E-state index is 2.68. The quantitative estimate of drug-likeness (QED) is 0.168. The normalized spacial score (nSPS) is 25.2. The van der Waals surface area contributed by atoms with Crippen molar-refractivity contribution in [3.05, 3.63) is 230 Å². The molecule has 9 aliphatic rings. The van der Waals surface area contributed by atoms with Gasteiger partial charge in [0.15, 0.2) is 0 Å². The van der Waals surface area contributed by atoms with Gasteiger partial charge in [-0.3, -0.25) is 0 Å². The molecule has 5 aromatic rings. The van der Waals surface area contributed by atoms with Crippen LogP contribution in [0.4, 0.5) is 0 Å². The third-order valence-electron chi connectivity index (χ3n) is 19.0. The first-order chi connectivity index (χ1) is 34.8. The summed E-state index contributed by atoms with van der Waals surface area (Å²) < 4.78 is 0. The van der Waals surface area contributed by atoms with Crippen LogP contribution in [-0.4, -0.2) is 0 Å². The predicted octanol–water partition coefficient (Wildman–Crippen LogP) is 19.3. The first-order valence-electron chi connectivity index (χ1n) is 27.5. The van der Waals surface area contributed by atoms with E-state index >= 15 is 0 Å². The van der Waals surface area contributed by atoms with Crippen molar-refractivity contribution in [3.8, 4) is 33.4 Å². The van der Waals surface area contributed by atoms with Crippen molar-refractivity contribution in [3.63, 3.8) is 0 Å². The van der Waals surface area contributed by atoms with Crippen molar-refractivity contribution >= 4 is 28.4 Å². The Hall–Kier alpha value is -6.50. The predicted molar refractivity (Wildman–Crippen MR) is 306 cm³/mol. The van der Waals surface area contributed by atoms with Crippen LogP contribution in [0.15, 0.2) is 185 Å². The van der Waals surface area contributed by atoms with Crippen molar-refractivity contribution < 1.29 is 0 Å². The molecule has 0 heterocycles. The fraction of sp³-hybridized carbons (Fsp3) is 0.306. The molecule has 0 fully saturated rings. The second-order valence-corrected chi connectivity index (χ2v) is 25.1. The Morgan fingerprint density at radius 1 is 0.611 bits per heavy atom. The molecule has 0 amide bonds. The summed E-state index contributed by atoms with van der Waals surface area (Å²) in [6.07, 6.45) is 31.8. The number of fused-ring (bicyclic) bond motifs is 9. The highest BCUT2D eigenvalue weighted by Gasteiger charge is 2.48. The van der Waals surface area contributed by atoms with Gasteiger partial charge in [0, 0.05) is 17.8 Å². The van der Waals surface area contributed by atoms with Crippen molar-refractivity contribution in [2.24, 2.45) is 34.5 Å². The van der Waals surface area contributed by atoms with Crippen LogP contribution in [0.3, 0.4) is 0 Å². The highest BCUT2D eigenvalue weighted by atomic mass is 14.5. The fourth-order valence-corrected chi connectivity index (χ4v) is 15.3. The molecule has 0 saturated heterocycles. The first kappa shape index (κ1) is 44.2. The van der Waals surface area contributed by atoms with Crippen LogP contribution in [0.25, 0.3) is 61.7 Å².